The van der Waals surface area contributed by atoms with E-state index in [0.29, 0.717) is 37.9 Å². The van der Waals surface area contributed by atoms with Crippen molar-refractivity contribution in [3.05, 3.63) is 54.0 Å². The fourth-order valence-corrected chi connectivity index (χ4v) is 4.05. The van der Waals surface area contributed by atoms with Crippen LogP contribution in [0.3, 0.4) is 0 Å². The second-order valence-electron chi connectivity index (χ2n) is 7.43. The zero-order valence-electron chi connectivity index (χ0n) is 17.2. The molecule has 8 nitrogen and oxygen atoms in total. The molecule has 2 amide bonds. The Labute approximate surface area is 176 Å². The maximum absolute atomic E-state index is 12.9. The molecule has 158 valence electrons. The second-order valence-corrected chi connectivity index (χ2v) is 7.43. The molecule has 4 rings (SSSR count). The molecule has 0 saturated carbocycles. The first-order valence-electron chi connectivity index (χ1n) is 10.3. The highest BCUT2D eigenvalue weighted by Crippen LogP contribution is 2.26. The van der Waals surface area contributed by atoms with E-state index in [1.807, 2.05) is 23.1 Å². The van der Waals surface area contributed by atoms with E-state index < -0.39 is 0 Å². The molecular weight excluding hydrogens is 382 g/mol. The van der Waals surface area contributed by atoms with Crippen LogP contribution in [0.4, 0.5) is 5.69 Å². The summed E-state index contributed by atoms with van der Waals surface area (Å²) in [4.78, 5) is 35.3. The summed E-state index contributed by atoms with van der Waals surface area (Å²) < 4.78 is 5.21. The van der Waals surface area contributed by atoms with Gasteiger partial charge in [0, 0.05) is 45.5 Å². The number of aryl methyl sites for hydroxylation is 1. The number of rotatable bonds is 3. The minimum atomic E-state index is -0.0958. The summed E-state index contributed by atoms with van der Waals surface area (Å²) in [7, 11) is 1.71. The predicted octanol–water partition coefficient (Wildman–Crippen LogP) is 1.59. The largest absolute Gasteiger partial charge is 0.459 e. The Balaban J connectivity index is 1.31. The summed E-state index contributed by atoms with van der Waals surface area (Å²) in [5.74, 6) is 0.980. The summed E-state index contributed by atoms with van der Waals surface area (Å²) in [6, 6.07) is 11.5. The number of hydrogen-bond donors (Lipinski definition) is 1. The number of carbonyl (C=O) groups excluding carboxylic acids is 2. The van der Waals surface area contributed by atoms with Crippen LogP contribution in [0.2, 0.25) is 0 Å². The lowest BCUT2D eigenvalue weighted by atomic mass is 10.0. The van der Waals surface area contributed by atoms with Crippen molar-refractivity contribution in [1.82, 2.24) is 15.1 Å². The third-order valence-corrected chi connectivity index (χ3v) is 5.62. The number of hydrogen-bond acceptors (Lipinski definition) is 4. The van der Waals surface area contributed by atoms with Gasteiger partial charge < -0.3 is 24.4 Å². The number of guanidine groups is 1. The zero-order valence-corrected chi connectivity index (χ0v) is 17.2. The van der Waals surface area contributed by atoms with Crippen LogP contribution in [-0.2, 0) is 11.2 Å². The van der Waals surface area contributed by atoms with Crippen LogP contribution in [-0.4, -0.2) is 73.9 Å². The number of anilines is 1. The molecule has 0 aliphatic carbocycles. The van der Waals surface area contributed by atoms with Crippen LogP contribution in [0.1, 0.15) is 22.5 Å². The van der Waals surface area contributed by atoms with E-state index in [9.17, 15) is 9.59 Å². The number of fused-ring (bicyclic) bond motifs is 1. The van der Waals surface area contributed by atoms with E-state index in [2.05, 4.69) is 21.3 Å². The number of piperazine rings is 1. The highest BCUT2D eigenvalue weighted by molar-refractivity contribution is 5.98. The van der Waals surface area contributed by atoms with Gasteiger partial charge >= 0.3 is 0 Å². The number of benzene rings is 1. The fraction of sp³-hybridized carbons (Fsp3) is 0.409. The minimum Gasteiger partial charge on any atom is -0.459 e. The SMILES string of the molecule is CN=C(NCC(=O)N1CCCc2ccccc21)N1CCN(C(=O)c2ccco2)CC1. The standard InChI is InChI=1S/C22H27N5O3/c1-23-22(26-13-11-25(12-14-26)21(29)19-9-5-15-30-19)24-16-20(28)27-10-4-7-17-6-2-3-8-18(17)27/h2-3,5-6,8-9,15H,4,7,10-14,16H2,1H3,(H,23,24). The van der Waals surface area contributed by atoms with Gasteiger partial charge in [-0.05, 0) is 36.6 Å². The van der Waals surface area contributed by atoms with Gasteiger partial charge in [0.1, 0.15) is 0 Å². The molecule has 1 N–H and O–H groups in total. The van der Waals surface area contributed by atoms with Crippen molar-refractivity contribution in [2.75, 3.05) is 51.2 Å². The molecule has 0 unspecified atom stereocenters. The van der Waals surface area contributed by atoms with Gasteiger partial charge in [-0.25, -0.2) is 0 Å². The van der Waals surface area contributed by atoms with E-state index in [4.69, 9.17) is 4.42 Å². The van der Waals surface area contributed by atoms with Crippen molar-refractivity contribution in [3.8, 4) is 0 Å². The Hall–Kier alpha value is -3.29. The highest BCUT2D eigenvalue weighted by atomic mass is 16.3. The molecular formula is C22H27N5O3. The van der Waals surface area contributed by atoms with Gasteiger partial charge in [0.05, 0.1) is 12.8 Å². The lowest BCUT2D eigenvalue weighted by molar-refractivity contribution is -0.117. The zero-order chi connectivity index (χ0) is 20.9. The van der Waals surface area contributed by atoms with Crippen LogP contribution in [0.5, 0.6) is 0 Å². The fourth-order valence-electron chi connectivity index (χ4n) is 4.05. The number of nitrogens with one attached hydrogen (secondary N) is 1. The topological polar surface area (TPSA) is 81.4 Å². The molecule has 1 aromatic heterocycles. The Morgan fingerprint density at radius 3 is 2.53 bits per heavy atom. The van der Waals surface area contributed by atoms with Crippen LogP contribution in [0, 0.1) is 0 Å². The molecule has 3 heterocycles. The van der Waals surface area contributed by atoms with Crippen molar-refractivity contribution in [2.24, 2.45) is 4.99 Å². The number of carbonyl (C=O) groups is 2. The Kier molecular flexibility index (Phi) is 6.02. The monoisotopic (exact) mass is 409 g/mol. The molecule has 30 heavy (non-hydrogen) atoms. The average Bonchev–Trinajstić information content (AvgIpc) is 3.34. The molecule has 1 saturated heterocycles. The minimum absolute atomic E-state index is 0.0370. The third kappa shape index (κ3) is 4.17. The highest BCUT2D eigenvalue weighted by Gasteiger charge is 2.26. The van der Waals surface area contributed by atoms with E-state index in [1.54, 1.807) is 24.1 Å². The molecule has 0 radical (unpaired) electrons. The summed E-state index contributed by atoms with van der Waals surface area (Å²) in [6.07, 6.45) is 3.49. The molecule has 0 atom stereocenters. The van der Waals surface area contributed by atoms with Crippen LogP contribution in [0.25, 0.3) is 0 Å². The van der Waals surface area contributed by atoms with Crippen molar-refractivity contribution in [3.63, 3.8) is 0 Å². The third-order valence-electron chi connectivity index (χ3n) is 5.62. The maximum Gasteiger partial charge on any atom is 0.289 e. The van der Waals surface area contributed by atoms with Gasteiger partial charge in [-0.1, -0.05) is 18.2 Å². The van der Waals surface area contributed by atoms with Crippen LogP contribution in [0.15, 0.2) is 52.1 Å². The molecule has 1 fully saturated rings. The van der Waals surface area contributed by atoms with Gasteiger partial charge in [0.25, 0.3) is 5.91 Å². The molecule has 2 aromatic rings. The van der Waals surface area contributed by atoms with Crippen LogP contribution >= 0.6 is 0 Å². The molecule has 0 bridgehead atoms. The van der Waals surface area contributed by atoms with Crippen molar-refractivity contribution >= 4 is 23.5 Å². The number of amides is 2. The Bertz CT molecular complexity index is 917. The number of para-hydroxylation sites is 1. The molecule has 0 spiro atoms. The van der Waals surface area contributed by atoms with E-state index >= 15 is 0 Å². The van der Waals surface area contributed by atoms with Crippen molar-refractivity contribution in [1.29, 1.82) is 0 Å². The van der Waals surface area contributed by atoms with Gasteiger partial charge in [-0.2, -0.15) is 0 Å². The maximum atomic E-state index is 12.9. The summed E-state index contributed by atoms with van der Waals surface area (Å²) in [6.45, 7) is 3.37. The first-order chi connectivity index (χ1) is 14.7. The lowest BCUT2D eigenvalue weighted by Crippen LogP contribution is -2.55. The van der Waals surface area contributed by atoms with E-state index in [0.717, 1.165) is 25.1 Å². The average molecular weight is 409 g/mol. The molecule has 2 aliphatic rings. The summed E-state index contributed by atoms with van der Waals surface area (Å²) in [5.41, 5.74) is 2.23. The van der Waals surface area contributed by atoms with Crippen LogP contribution < -0.4 is 10.2 Å². The second kappa shape index (κ2) is 9.02. The smallest absolute Gasteiger partial charge is 0.289 e. The van der Waals surface area contributed by atoms with Crippen molar-refractivity contribution < 1.29 is 14.0 Å². The number of furan rings is 1. The molecule has 1 aromatic carbocycles. The first-order valence-corrected chi connectivity index (χ1v) is 10.3. The quantitative estimate of drug-likeness (QED) is 0.615. The normalized spacial score (nSPS) is 17.0. The number of aliphatic imine (C=N–C) groups is 1. The first kappa shape index (κ1) is 20.0. The molecule has 8 heteroatoms. The van der Waals surface area contributed by atoms with Gasteiger partial charge in [-0.15, -0.1) is 0 Å². The predicted molar refractivity (Wildman–Crippen MR) is 115 cm³/mol. The Morgan fingerprint density at radius 2 is 1.80 bits per heavy atom. The van der Waals surface area contributed by atoms with Gasteiger partial charge in [0.15, 0.2) is 11.7 Å². The van der Waals surface area contributed by atoms with Gasteiger partial charge in [-0.3, -0.25) is 14.6 Å². The number of nitrogens with zero attached hydrogens (tertiary/aromatic N) is 4. The molecule has 2 aliphatic heterocycles. The summed E-state index contributed by atoms with van der Waals surface area (Å²) >= 11 is 0. The summed E-state index contributed by atoms with van der Waals surface area (Å²) in [5, 5.41) is 3.20. The Morgan fingerprint density at radius 1 is 1.03 bits per heavy atom. The van der Waals surface area contributed by atoms with Crippen molar-refractivity contribution in [2.45, 2.75) is 12.8 Å². The van der Waals surface area contributed by atoms with E-state index in [-0.39, 0.29) is 18.4 Å². The van der Waals surface area contributed by atoms with Gasteiger partial charge in [0.2, 0.25) is 5.91 Å². The lowest BCUT2D eigenvalue weighted by Gasteiger charge is -2.36. The van der Waals surface area contributed by atoms with E-state index in [1.165, 1.54) is 11.8 Å².